The molecule has 3 rings (SSSR count). The zero-order valence-corrected chi connectivity index (χ0v) is 15.0. The molecule has 0 aliphatic carbocycles. The highest BCUT2D eigenvalue weighted by Crippen LogP contribution is 2.18. The Balaban J connectivity index is 1.60. The third-order valence-electron chi connectivity index (χ3n) is 4.49. The minimum atomic E-state index is -0.293. The summed E-state index contributed by atoms with van der Waals surface area (Å²) in [5, 5.41) is 0. The molecule has 5 heteroatoms. The fraction of sp³-hybridized carbons (Fsp3) is 0.381. The number of benzene rings is 2. The van der Waals surface area contributed by atoms with Crippen molar-refractivity contribution in [3.63, 3.8) is 0 Å². The lowest BCUT2D eigenvalue weighted by atomic mass is 10.1. The molecule has 4 nitrogen and oxygen atoms in total. The number of hydrogen-bond donors (Lipinski definition) is 0. The lowest BCUT2D eigenvalue weighted by molar-refractivity contribution is 0.0678. The van der Waals surface area contributed by atoms with Gasteiger partial charge in [0.15, 0.2) is 0 Å². The van der Waals surface area contributed by atoms with E-state index in [9.17, 15) is 9.18 Å². The van der Waals surface area contributed by atoms with Gasteiger partial charge in [-0.25, -0.2) is 4.39 Å². The van der Waals surface area contributed by atoms with Gasteiger partial charge in [0.05, 0.1) is 6.10 Å². The molecular weight excluding hydrogens is 333 g/mol. The van der Waals surface area contributed by atoms with Crippen molar-refractivity contribution >= 4 is 5.91 Å². The van der Waals surface area contributed by atoms with E-state index < -0.39 is 0 Å². The van der Waals surface area contributed by atoms with Gasteiger partial charge in [0.2, 0.25) is 0 Å². The van der Waals surface area contributed by atoms with Gasteiger partial charge in [0.25, 0.3) is 5.91 Å². The molecule has 0 bridgehead atoms. The van der Waals surface area contributed by atoms with Gasteiger partial charge in [-0.2, -0.15) is 0 Å². The Bertz CT molecular complexity index is 726. The van der Waals surface area contributed by atoms with Crippen molar-refractivity contribution in [2.45, 2.75) is 32.4 Å². The highest BCUT2D eigenvalue weighted by molar-refractivity contribution is 5.94. The van der Waals surface area contributed by atoms with Crippen LogP contribution >= 0.6 is 0 Å². The van der Waals surface area contributed by atoms with Crippen LogP contribution in [0.15, 0.2) is 48.5 Å². The van der Waals surface area contributed by atoms with Crippen molar-refractivity contribution in [1.82, 2.24) is 4.90 Å². The summed E-state index contributed by atoms with van der Waals surface area (Å²) in [5.41, 5.74) is 1.37. The first kappa shape index (κ1) is 18.4. The van der Waals surface area contributed by atoms with Gasteiger partial charge in [-0.1, -0.05) is 12.1 Å². The maximum Gasteiger partial charge on any atom is 0.254 e. The van der Waals surface area contributed by atoms with Gasteiger partial charge in [0.1, 0.15) is 18.2 Å². The van der Waals surface area contributed by atoms with E-state index in [-0.39, 0.29) is 17.8 Å². The zero-order chi connectivity index (χ0) is 18.4. The fourth-order valence-electron chi connectivity index (χ4n) is 3.02. The molecule has 1 fully saturated rings. The highest BCUT2D eigenvalue weighted by atomic mass is 19.1. The molecule has 1 unspecified atom stereocenters. The number of hydrogen-bond acceptors (Lipinski definition) is 3. The molecule has 0 radical (unpaired) electrons. The van der Waals surface area contributed by atoms with E-state index in [0.29, 0.717) is 25.3 Å². The molecule has 26 heavy (non-hydrogen) atoms. The zero-order valence-electron chi connectivity index (χ0n) is 15.0. The van der Waals surface area contributed by atoms with Gasteiger partial charge < -0.3 is 14.4 Å². The van der Waals surface area contributed by atoms with Gasteiger partial charge in [0, 0.05) is 25.3 Å². The van der Waals surface area contributed by atoms with Crippen LogP contribution in [0.1, 0.15) is 35.7 Å². The van der Waals surface area contributed by atoms with Crippen molar-refractivity contribution < 1.29 is 18.7 Å². The van der Waals surface area contributed by atoms with E-state index in [4.69, 9.17) is 9.47 Å². The van der Waals surface area contributed by atoms with Crippen LogP contribution in [0.25, 0.3) is 0 Å². The first-order valence-electron chi connectivity index (χ1n) is 9.04. The maximum atomic E-state index is 13.3. The normalized spacial score (nSPS) is 16.5. The molecule has 2 aromatic carbocycles. The third kappa shape index (κ3) is 4.82. The summed E-state index contributed by atoms with van der Waals surface area (Å²) in [6.45, 7) is 4.18. The molecule has 0 N–H and O–H groups in total. The lowest BCUT2D eigenvalue weighted by Gasteiger charge is -2.21. The quantitative estimate of drug-likeness (QED) is 0.750. The van der Waals surface area contributed by atoms with Crippen molar-refractivity contribution in [2.24, 2.45) is 0 Å². The second-order valence-electron chi connectivity index (χ2n) is 6.42. The monoisotopic (exact) mass is 357 g/mol. The van der Waals surface area contributed by atoms with E-state index in [1.165, 1.54) is 12.1 Å². The van der Waals surface area contributed by atoms with Crippen LogP contribution in [0, 0.1) is 5.82 Å². The molecule has 1 heterocycles. The van der Waals surface area contributed by atoms with Crippen LogP contribution in [0.2, 0.25) is 0 Å². The first-order valence-corrected chi connectivity index (χ1v) is 9.04. The number of halogens is 1. The van der Waals surface area contributed by atoms with Crippen molar-refractivity contribution in [1.29, 1.82) is 0 Å². The number of rotatable bonds is 7. The average Bonchev–Trinajstić information content (AvgIpc) is 3.18. The Morgan fingerprint density at radius 2 is 2.08 bits per heavy atom. The summed E-state index contributed by atoms with van der Waals surface area (Å²) in [5.74, 6) is 0.353. The molecule has 1 aliphatic heterocycles. The number of nitrogens with zero attached hydrogens (tertiary/aromatic N) is 1. The Morgan fingerprint density at radius 3 is 2.73 bits per heavy atom. The molecule has 0 aromatic heterocycles. The predicted molar refractivity (Wildman–Crippen MR) is 97.7 cm³/mol. The molecule has 0 spiro atoms. The highest BCUT2D eigenvalue weighted by Gasteiger charge is 2.17. The van der Waals surface area contributed by atoms with Crippen molar-refractivity contribution in [2.75, 3.05) is 19.8 Å². The summed E-state index contributed by atoms with van der Waals surface area (Å²) in [6.07, 6.45) is 2.28. The van der Waals surface area contributed by atoms with Crippen molar-refractivity contribution in [3.05, 3.63) is 65.5 Å². The Hall–Kier alpha value is -2.40. The molecule has 1 amide bonds. The van der Waals surface area contributed by atoms with Gasteiger partial charge >= 0.3 is 0 Å². The first-order chi connectivity index (χ1) is 12.7. The van der Waals surface area contributed by atoms with Crippen LogP contribution < -0.4 is 4.74 Å². The van der Waals surface area contributed by atoms with E-state index >= 15 is 0 Å². The van der Waals surface area contributed by atoms with E-state index in [2.05, 4.69) is 0 Å². The fourth-order valence-corrected chi connectivity index (χ4v) is 3.02. The van der Waals surface area contributed by atoms with Crippen molar-refractivity contribution in [3.8, 4) is 5.75 Å². The molecule has 1 aliphatic rings. The number of ether oxygens (including phenoxy) is 2. The van der Waals surface area contributed by atoms with Crippen LogP contribution in [0.5, 0.6) is 5.75 Å². The second-order valence-corrected chi connectivity index (χ2v) is 6.42. The summed E-state index contributed by atoms with van der Waals surface area (Å²) < 4.78 is 24.6. The van der Waals surface area contributed by atoms with Gasteiger partial charge in [-0.3, -0.25) is 4.79 Å². The van der Waals surface area contributed by atoms with Gasteiger partial charge in [-0.15, -0.1) is 0 Å². The molecule has 0 saturated carbocycles. The molecular formula is C21H24FNO3. The third-order valence-corrected chi connectivity index (χ3v) is 4.49. The minimum Gasteiger partial charge on any atom is -0.491 e. The average molecular weight is 357 g/mol. The molecule has 2 aromatic rings. The van der Waals surface area contributed by atoms with Crippen LogP contribution in [-0.4, -0.2) is 36.7 Å². The molecule has 1 saturated heterocycles. The minimum absolute atomic E-state index is 0.0811. The summed E-state index contributed by atoms with van der Waals surface area (Å²) >= 11 is 0. The molecule has 1 atom stereocenters. The largest absolute Gasteiger partial charge is 0.491 e. The van der Waals surface area contributed by atoms with Crippen LogP contribution in [-0.2, 0) is 11.3 Å². The molecule has 138 valence electrons. The lowest BCUT2D eigenvalue weighted by Crippen LogP contribution is -2.30. The Labute approximate surface area is 153 Å². The standard InChI is InChI=1S/C21H24FNO3/c1-2-23(14-16-5-3-6-18(22)13-16)21(24)17-8-10-19(11-9-17)26-15-20-7-4-12-25-20/h3,5-6,8-11,13,20H,2,4,7,12,14-15H2,1H3. The Morgan fingerprint density at radius 1 is 1.27 bits per heavy atom. The van der Waals surface area contributed by atoms with Crippen LogP contribution in [0.3, 0.4) is 0 Å². The predicted octanol–water partition coefficient (Wildman–Crippen LogP) is 4.05. The Kier molecular flexibility index (Phi) is 6.23. The van der Waals surface area contributed by atoms with E-state index in [1.54, 1.807) is 35.2 Å². The summed E-state index contributed by atoms with van der Waals surface area (Å²) in [7, 11) is 0. The summed E-state index contributed by atoms with van der Waals surface area (Å²) in [4.78, 5) is 14.4. The van der Waals surface area contributed by atoms with E-state index in [1.807, 2.05) is 13.0 Å². The maximum absolute atomic E-state index is 13.3. The number of carbonyl (C=O) groups excluding carboxylic acids is 1. The SMILES string of the molecule is CCN(Cc1cccc(F)c1)C(=O)c1ccc(OCC2CCCO2)cc1. The van der Waals surface area contributed by atoms with Crippen LogP contribution in [0.4, 0.5) is 4.39 Å². The topological polar surface area (TPSA) is 38.8 Å². The second kappa shape index (κ2) is 8.81. The summed E-state index contributed by atoms with van der Waals surface area (Å²) in [6, 6.07) is 13.5. The smallest absolute Gasteiger partial charge is 0.254 e. The number of amides is 1. The van der Waals surface area contributed by atoms with Gasteiger partial charge in [-0.05, 0) is 61.7 Å². The number of carbonyl (C=O) groups is 1. The van der Waals surface area contributed by atoms with E-state index in [0.717, 1.165) is 30.8 Å².